The standard InChI is InChI=1S/C7H8N4O/c1-12-6-2-5(9)4(3-8)7(10)11-6/h2H,1H3,(H4,9,10,11). The largest absolute Gasteiger partial charge is 0.481 e. The molecule has 0 fully saturated rings. The molecule has 12 heavy (non-hydrogen) atoms. The fraction of sp³-hybridized carbons (Fsp3) is 0.143. The maximum absolute atomic E-state index is 8.57. The molecular formula is C7H8N4O. The Morgan fingerprint density at radius 1 is 1.58 bits per heavy atom. The maximum atomic E-state index is 8.57. The molecule has 62 valence electrons. The lowest BCUT2D eigenvalue weighted by Gasteiger charge is -2.03. The molecule has 1 rings (SSSR count). The van der Waals surface area contributed by atoms with Crippen LogP contribution >= 0.6 is 0 Å². The van der Waals surface area contributed by atoms with Crippen LogP contribution in [0.25, 0.3) is 0 Å². The van der Waals surface area contributed by atoms with Crippen molar-refractivity contribution in [3.8, 4) is 11.9 Å². The first-order valence-corrected chi connectivity index (χ1v) is 3.19. The van der Waals surface area contributed by atoms with Gasteiger partial charge in [0, 0.05) is 6.07 Å². The van der Waals surface area contributed by atoms with Crippen LogP contribution in [0.5, 0.6) is 5.88 Å². The van der Waals surface area contributed by atoms with Crippen molar-refractivity contribution in [3.05, 3.63) is 11.6 Å². The zero-order valence-corrected chi connectivity index (χ0v) is 6.53. The summed E-state index contributed by atoms with van der Waals surface area (Å²) in [6.45, 7) is 0. The van der Waals surface area contributed by atoms with E-state index in [1.165, 1.54) is 13.2 Å². The number of nitriles is 1. The summed E-state index contributed by atoms with van der Waals surface area (Å²) in [4.78, 5) is 3.78. The molecule has 0 radical (unpaired) electrons. The Bertz CT molecular complexity index is 319. The highest BCUT2D eigenvalue weighted by atomic mass is 16.5. The molecule has 0 saturated carbocycles. The third-order valence-corrected chi connectivity index (χ3v) is 1.38. The molecule has 0 saturated heterocycles. The number of nitrogens with zero attached hydrogens (tertiary/aromatic N) is 2. The van der Waals surface area contributed by atoms with Crippen LogP contribution in [0.3, 0.4) is 0 Å². The van der Waals surface area contributed by atoms with Gasteiger partial charge in [0.15, 0.2) is 0 Å². The Labute approximate surface area is 69.6 Å². The average Bonchev–Trinajstić information content (AvgIpc) is 2.03. The summed E-state index contributed by atoms with van der Waals surface area (Å²) in [5, 5.41) is 8.57. The molecule has 0 atom stereocenters. The van der Waals surface area contributed by atoms with E-state index in [0.717, 1.165) is 0 Å². The summed E-state index contributed by atoms with van der Waals surface area (Å²) in [7, 11) is 1.45. The maximum Gasteiger partial charge on any atom is 0.217 e. The van der Waals surface area contributed by atoms with Crippen LogP contribution in [-0.2, 0) is 0 Å². The molecule has 0 aliphatic rings. The van der Waals surface area contributed by atoms with Crippen molar-refractivity contribution in [2.24, 2.45) is 0 Å². The second-order valence-corrected chi connectivity index (χ2v) is 2.13. The highest BCUT2D eigenvalue weighted by molar-refractivity contribution is 5.65. The van der Waals surface area contributed by atoms with E-state index in [1.54, 1.807) is 0 Å². The molecule has 1 aromatic heterocycles. The third kappa shape index (κ3) is 1.22. The van der Waals surface area contributed by atoms with Gasteiger partial charge in [0.25, 0.3) is 0 Å². The summed E-state index contributed by atoms with van der Waals surface area (Å²) < 4.78 is 4.79. The minimum Gasteiger partial charge on any atom is -0.481 e. The van der Waals surface area contributed by atoms with Crippen LogP contribution in [0, 0.1) is 11.3 Å². The molecule has 0 aliphatic heterocycles. The molecule has 0 unspecified atom stereocenters. The Morgan fingerprint density at radius 3 is 2.67 bits per heavy atom. The molecule has 1 aromatic rings. The smallest absolute Gasteiger partial charge is 0.217 e. The predicted molar refractivity (Wildman–Crippen MR) is 44.3 cm³/mol. The van der Waals surface area contributed by atoms with Crippen molar-refractivity contribution in [2.45, 2.75) is 0 Å². The Morgan fingerprint density at radius 2 is 2.25 bits per heavy atom. The number of nitrogens with two attached hydrogens (primary N) is 2. The van der Waals surface area contributed by atoms with Gasteiger partial charge in [0.1, 0.15) is 17.5 Å². The second kappa shape index (κ2) is 2.96. The lowest BCUT2D eigenvalue weighted by atomic mass is 10.2. The van der Waals surface area contributed by atoms with Gasteiger partial charge < -0.3 is 16.2 Å². The van der Waals surface area contributed by atoms with E-state index in [-0.39, 0.29) is 17.1 Å². The summed E-state index contributed by atoms with van der Waals surface area (Å²) in [5.41, 5.74) is 11.4. The van der Waals surface area contributed by atoms with Crippen LogP contribution in [0.2, 0.25) is 0 Å². The molecule has 0 spiro atoms. The number of rotatable bonds is 1. The first-order valence-electron chi connectivity index (χ1n) is 3.19. The van der Waals surface area contributed by atoms with E-state index < -0.39 is 0 Å². The van der Waals surface area contributed by atoms with Crippen molar-refractivity contribution < 1.29 is 4.74 Å². The minimum absolute atomic E-state index is 0.0920. The van der Waals surface area contributed by atoms with Gasteiger partial charge in [-0.3, -0.25) is 0 Å². The van der Waals surface area contributed by atoms with E-state index >= 15 is 0 Å². The van der Waals surface area contributed by atoms with Crippen molar-refractivity contribution in [1.82, 2.24) is 4.98 Å². The van der Waals surface area contributed by atoms with E-state index in [4.69, 9.17) is 21.5 Å². The van der Waals surface area contributed by atoms with E-state index in [1.807, 2.05) is 6.07 Å². The van der Waals surface area contributed by atoms with Gasteiger partial charge in [-0.25, -0.2) is 0 Å². The number of ether oxygens (including phenoxy) is 1. The van der Waals surface area contributed by atoms with Crippen molar-refractivity contribution in [3.63, 3.8) is 0 Å². The molecule has 0 amide bonds. The van der Waals surface area contributed by atoms with Crippen molar-refractivity contribution in [2.75, 3.05) is 18.6 Å². The van der Waals surface area contributed by atoms with Gasteiger partial charge >= 0.3 is 0 Å². The Balaban J connectivity index is 3.30. The molecule has 5 heteroatoms. The van der Waals surface area contributed by atoms with E-state index in [0.29, 0.717) is 5.88 Å². The fourth-order valence-corrected chi connectivity index (χ4v) is 0.786. The van der Waals surface area contributed by atoms with Crippen LogP contribution in [0.4, 0.5) is 11.5 Å². The van der Waals surface area contributed by atoms with Gasteiger partial charge in [-0.2, -0.15) is 10.2 Å². The molecule has 0 bridgehead atoms. The number of methoxy groups -OCH3 is 1. The van der Waals surface area contributed by atoms with Gasteiger partial charge in [-0.1, -0.05) is 0 Å². The van der Waals surface area contributed by atoms with E-state index in [9.17, 15) is 0 Å². The predicted octanol–water partition coefficient (Wildman–Crippen LogP) is 0.126. The molecule has 1 heterocycles. The zero-order valence-electron chi connectivity index (χ0n) is 6.53. The van der Waals surface area contributed by atoms with Crippen LogP contribution in [0.15, 0.2) is 6.07 Å². The lowest BCUT2D eigenvalue weighted by Crippen LogP contribution is -2.01. The lowest BCUT2D eigenvalue weighted by molar-refractivity contribution is 0.399. The van der Waals surface area contributed by atoms with Crippen LogP contribution < -0.4 is 16.2 Å². The van der Waals surface area contributed by atoms with Crippen molar-refractivity contribution in [1.29, 1.82) is 5.26 Å². The van der Waals surface area contributed by atoms with Gasteiger partial charge in [0.2, 0.25) is 5.88 Å². The number of hydrogen-bond donors (Lipinski definition) is 2. The molecule has 4 N–H and O–H groups in total. The monoisotopic (exact) mass is 164 g/mol. The van der Waals surface area contributed by atoms with Crippen LogP contribution in [-0.4, -0.2) is 12.1 Å². The number of anilines is 2. The molecule has 5 nitrogen and oxygen atoms in total. The summed E-state index contributed by atoms with van der Waals surface area (Å²) >= 11 is 0. The quantitative estimate of drug-likeness (QED) is 0.614. The average molecular weight is 164 g/mol. The van der Waals surface area contributed by atoms with Crippen molar-refractivity contribution >= 4 is 11.5 Å². The van der Waals surface area contributed by atoms with Gasteiger partial charge in [0.05, 0.1) is 12.8 Å². The third-order valence-electron chi connectivity index (χ3n) is 1.38. The molecular weight excluding hydrogens is 156 g/mol. The van der Waals surface area contributed by atoms with Gasteiger partial charge in [-0.05, 0) is 0 Å². The number of aromatic nitrogens is 1. The minimum atomic E-state index is 0.0920. The SMILES string of the molecule is COc1cc(N)c(C#N)c(N)n1. The zero-order chi connectivity index (χ0) is 9.14. The summed E-state index contributed by atoms with van der Waals surface area (Å²) in [5.74, 6) is 0.401. The number of hydrogen-bond acceptors (Lipinski definition) is 5. The first-order chi connectivity index (χ1) is 5.69. The summed E-state index contributed by atoms with van der Waals surface area (Å²) in [6.07, 6.45) is 0. The van der Waals surface area contributed by atoms with Crippen LogP contribution in [0.1, 0.15) is 5.56 Å². The number of pyridine rings is 1. The highest BCUT2D eigenvalue weighted by Gasteiger charge is 2.06. The topological polar surface area (TPSA) is 98.0 Å². The van der Waals surface area contributed by atoms with Gasteiger partial charge in [-0.15, -0.1) is 0 Å². The number of nitrogen functional groups attached to an aromatic ring is 2. The Kier molecular flexibility index (Phi) is 2.01. The highest BCUT2D eigenvalue weighted by Crippen LogP contribution is 2.21. The second-order valence-electron chi connectivity index (χ2n) is 2.13. The fourth-order valence-electron chi connectivity index (χ4n) is 0.786. The Hall–Kier alpha value is -1.96. The molecule has 0 aliphatic carbocycles. The first kappa shape index (κ1) is 8.14. The normalized spacial score (nSPS) is 9.00. The molecule has 0 aromatic carbocycles. The van der Waals surface area contributed by atoms with E-state index in [2.05, 4.69) is 4.98 Å². The summed E-state index contributed by atoms with van der Waals surface area (Å²) in [6, 6.07) is 3.30.